The summed E-state index contributed by atoms with van der Waals surface area (Å²) in [7, 11) is 0. The van der Waals surface area contributed by atoms with Crippen molar-refractivity contribution in [3.8, 4) is 0 Å². The summed E-state index contributed by atoms with van der Waals surface area (Å²) < 4.78 is 0. The molecule has 0 bridgehead atoms. The minimum atomic E-state index is -0.700. The van der Waals surface area contributed by atoms with Crippen LogP contribution in [-0.2, 0) is 0 Å². The van der Waals surface area contributed by atoms with E-state index in [1.54, 1.807) is 18.6 Å². The van der Waals surface area contributed by atoms with Gasteiger partial charge in [-0.3, -0.25) is 9.97 Å². The van der Waals surface area contributed by atoms with Crippen LogP contribution in [0.4, 0.5) is 0 Å². The first-order valence-electron chi connectivity index (χ1n) is 5.19. The second-order valence-electron chi connectivity index (χ2n) is 3.89. The first-order valence-corrected chi connectivity index (χ1v) is 5.19. The Morgan fingerprint density at radius 1 is 1.19 bits per heavy atom. The molecule has 16 heavy (non-hydrogen) atoms. The number of hydrogen-bond acceptors (Lipinski definition) is 3. The average Bonchev–Trinajstić information content (AvgIpc) is 2.29. The van der Waals surface area contributed by atoms with E-state index in [4.69, 9.17) is 0 Å². The molecule has 2 aromatic rings. The number of aryl methyl sites for hydroxylation is 2. The summed E-state index contributed by atoms with van der Waals surface area (Å²) in [6.45, 7) is 3.93. The zero-order valence-corrected chi connectivity index (χ0v) is 9.38. The third-order valence-corrected chi connectivity index (χ3v) is 2.59. The summed E-state index contributed by atoms with van der Waals surface area (Å²) in [5.41, 5.74) is 3.58. The lowest BCUT2D eigenvalue weighted by atomic mass is 10.0. The summed E-state index contributed by atoms with van der Waals surface area (Å²) in [4.78, 5) is 8.21. The standard InChI is InChI=1S/C13H14N2O/c1-9-3-6-15-12(7-9)13(16)11-8-14-5-4-10(11)2/h3-8,13,16H,1-2H3. The van der Waals surface area contributed by atoms with Gasteiger partial charge in [-0.25, -0.2) is 0 Å². The first kappa shape index (κ1) is 10.8. The smallest absolute Gasteiger partial charge is 0.123 e. The molecular formula is C13H14N2O. The van der Waals surface area contributed by atoms with E-state index in [0.29, 0.717) is 5.69 Å². The molecule has 0 saturated carbocycles. The van der Waals surface area contributed by atoms with Crippen LogP contribution in [0.1, 0.15) is 28.5 Å². The quantitative estimate of drug-likeness (QED) is 0.833. The molecule has 0 aliphatic rings. The van der Waals surface area contributed by atoms with Crippen LogP contribution < -0.4 is 0 Å². The zero-order chi connectivity index (χ0) is 11.5. The molecule has 2 aromatic heterocycles. The lowest BCUT2D eigenvalue weighted by Gasteiger charge is -2.12. The maximum absolute atomic E-state index is 10.2. The van der Waals surface area contributed by atoms with Crippen molar-refractivity contribution in [2.24, 2.45) is 0 Å². The number of hydrogen-bond donors (Lipinski definition) is 1. The summed E-state index contributed by atoms with van der Waals surface area (Å²) in [5, 5.41) is 10.2. The number of aliphatic hydroxyl groups excluding tert-OH is 1. The molecule has 82 valence electrons. The minimum Gasteiger partial charge on any atom is -0.382 e. The van der Waals surface area contributed by atoms with Crippen molar-refractivity contribution in [1.82, 2.24) is 9.97 Å². The van der Waals surface area contributed by atoms with E-state index >= 15 is 0 Å². The van der Waals surface area contributed by atoms with Gasteiger partial charge < -0.3 is 5.11 Å². The molecule has 0 aromatic carbocycles. The molecule has 0 fully saturated rings. The molecule has 0 spiro atoms. The zero-order valence-electron chi connectivity index (χ0n) is 9.38. The molecule has 0 aliphatic heterocycles. The van der Waals surface area contributed by atoms with E-state index in [9.17, 15) is 5.11 Å². The Hall–Kier alpha value is -1.74. The maximum Gasteiger partial charge on any atom is 0.123 e. The highest BCUT2D eigenvalue weighted by atomic mass is 16.3. The highest BCUT2D eigenvalue weighted by molar-refractivity contribution is 5.31. The SMILES string of the molecule is Cc1ccnc(C(O)c2cnccc2C)c1. The number of pyridine rings is 2. The molecule has 1 atom stereocenters. The normalized spacial score (nSPS) is 12.4. The molecule has 2 rings (SSSR count). The van der Waals surface area contributed by atoms with E-state index in [1.807, 2.05) is 32.0 Å². The monoisotopic (exact) mass is 214 g/mol. The van der Waals surface area contributed by atoms with Crippen LogP contribution in [0.2, 0.25) is 0 Å². The highest BCUT2D eigenvalue weighted by Crippen LogP contribution is 2.22. The van der Waals surface area contributed by atoms with Gasteiger partial charge in [0.1, 0.15) is 6.10 Å². The van der Waals surface area contributed by atoms with Crippen molar-refractivity contribution in [1.29, 1.82) is 0 Å². The fraction of sp³-hybridized carbons (Fsp3) is 0.231. The molecule has 3 heteroatoms. The third-order valence-electron chi connectivity index (χ3n) is 2.59. The molecule has 1 N–H and O–H groups in total. The van der Waals surface area contributed by atoms with Crippen LogP contribution in [0.15, 0.2) is 36.8 Å². The molecule has 0 amide bonds. The van der Waals surface area contributed by atoms with Gasteiger partial charge in [-0.2, -0.15) is 0 Å². The van der Waals surface area contributed by atoms with Crippen molar-refractivity contribution in [3.63, 3.8) is 0 Å². The maximum atomic E-state index is 10.2. The van der Waals surface area contributed by atoms with Crippen LogP contribution in [0.3, 0.4) is 0 Å². The summed E-state index contributed by atoms with van der Waals surface area (Å²) in [6.07, 6.45) is 4.41. The number of rotatable bonds is 2. The Bertz CT molecular complexity index is 497. The van der Waals surface area contributed by atoms with E-state index in [2.05, 4.69) is 9.97 Å². The average molecular weight is 214 g/mol. The lowest BCUT2D eigenvalue weighted by molar-refractivity contribution is 0.214. The lowest BCUT2D eigenvalue weighted by Crippen LogP contribution is -2.04. The molecule has 0 aliphatic carbocycles. The Balaban J connectivity index is 2.39. The van der Waals surface area contributed by atoms with Gasteiger partial charge in [0.2, 0.25) is 0 Å². The Kier molecular flexibility index (Phi) is 2.97. The van der Waals surface area contributed by atoms with E-state index in [1.165, 1.54) is 0 Å². The summed E-state index contributed by atoms with van der Waals surface area (Å²) >= 11 is 0. The predicted octanol–water partition coefficient (Wildman–Crippen LogP) is 2.18. The van der Waals surface area contributed by atoms with Gasteiger partial charge in [0.25, 0.3) is 0 Å². The second-order valence-corrected chi connectivity index (χ2v) is 3.89. The molecule has 1 unspecified atom stereocenters. The molecule has 0 saturated heterocycles. The number of aromatic nitrogens is 2. The molecule has 2 heterocycles. The Morgan fingerprint density at radius 3 is 2.69 bits per heavy atom. The second kappa shape index (κ2) is 4.41. The highest BCUT2D eigenvalue weighted by Gasteiger charge is 2.13. The summed E-state index contributed by atoms with van der Waals surface area (Å²) in [5.74, 6) is 0. The van der Waals surface area contributed by atoms with Crippen molar-refractivity contribution in [2.75, 3.05) is 0 Å². The van der Waals surface area contributed by atoms with Crippen molar-refractivity contribution < 1.29 is 5.11 Å². The summed E-state index contributed by atoms with van der Waals surface area (Å²) in [6, 6.07) is 5.68. The van der Waals surface area contributed by atoms with Gasteiger partial charge in [0.15, 0.2) is 0 Å². The Labute approximate surface area is 94.8 Å². The molecular weight excluding hydrogens is 200 g/mol. The van der Waals surface area contributed by atoms with Gasteiger partial charge in [0.05, 0.1) is 5.69 Å². The fourth-order valence-corrected chi connectivity index (χ4v) is 1.63. The van der Waals surface area contributed by atoms with Crippen LogP contribution in [-0.4, -0.2) is 15.1 Å². The van der Waals surface area contributed by atoms with Crippen LogP contribution in [0.5, 0.6) is 0 Å². The van der Waals surface area contributed by atoms with Gasteiger partial charge in [-0.15, -0.1) is 0 Å². The predicted molar refractivity (Wildman–Crippen MR) is 62.0 cm³/mol. The van der Waals surface area contributed by atoms with Gasteiger partial charge in [0, 0.05) is 24.2 Å². The Morgan fingerprint density at radius 2 is 2.00 bits per heavy atom. The van der Waals surface area contributed by atoms with E-state index in [-0.39, 0.29) is 0 Å². The fourth-order valence-electron chi connectivity index (χ4n) is 1.63. The largest absolute Gasteiger partial charge is 0.382 e. The molecule has 3 nitrogen and oxygen atoms in total. The van der Waals surface area contributed by atoms with Crippen LogP contribution in [0.25, 0.3) is 0 Å². The minimum absolute atomic E-state index is 0.663. The molecule has 0 radical (unpaired) electrons. The van der Waals surface area contributed by atoms with E-state index < -0.39 is 6.10 Å². The van der Waals surface area contributed by atoms with E-state index in [0.717, 1.165) is 16.7 Å². The van der Waals surface area contributed by atoms with Crippen LogP contribution >= 0.6 is 0 Å². The van der Waals surface area contributed by atoms with Crippen molar-refractivity contribution >= 4 is 0 Å². The third kappa shape index (κ3) is 2.09. The van der Waals surface area contributed by atoms with Gasteiger partial charge in [-0.05, 0) is 43.2 Å². The van der Waals surface area contributed by atoms with Crippen LogP contribution in [0, 0.1) is 13.8 Å². The first-order chi connectivity index (χ1) is 7.68. The number of aliphatic hydroxyl groups is 1. The number of nitrogens with zero attached hydrogens (tertiary/aromatic N) is 2. The van der Waals surface area contributed by atoms with Crippen molar-refractivity contribution in [3.05, 3.63) is 59.2 Å². The topological polar surface area (TPSA) is 46.0 Å². The van der Waals surface area contributed by atoms with Gasteiger partial charge >= 0.3 is 0 Å². The van der Waals surface area contributed by atoms with Gasteiger partial charge in [-0.1, -0.05) is 0 Å². The van der Waals surface area contributed by atoms with Crippen molar-refractivity contribution in [2.45, 2.75) is 20.0 Å².